The SMILES string of the molecule is [2H]C(Cl)(Cl)COC(=O)Cc1ccc(C)cc1. The van der Waals surface area contributed by atoms with Crippen molar-refractivity contribution in [2.75, 3.05) is 6.61 Å². The molecule has 2 nitrogen and oxygen atoms in total. The van der Waals surface area contributed by atoms with Gasteiger partial charge in [-0.1, -0.05) is 29.8 Å². The Morgan fingerprint density at radius 3 is 2.60 bits per heavy atom. The maximum absolute atomic E-state index is 11.3. The van der Waals surface area contributed by atoms with Crippen molar-refractivity contribution in [2.45, 2.75) is 18.2 Å². The van der Waals surface area contributed by atoms with E-state index in [2.05, 4.69) is 0 Å². The molecule has 0 bridgehead atoms. The highest BCUT2D eigenvalue weighted by Crippen LogP contribution is 2.06. The average Bonchev–Trinajstić information content (AvgIpc) is 2.18. The Labute approximate surface area is 101 Å². The number of benzene rings is 1. The molecule has 1 aromatic rings. The smallest absolute Gasteiger partial charge is 0.310 e. The molecule has 0 N–H and O–H groups in total. The largest absolute Gasteiger partial charge is 0.463 e. The molecule has 0 aromatic heterocycles. The Kier molecular flexibility index (Phi) is 4.30. The lowest BCUT2D eigenvalue weighted by Gasteiger charge is -2.05. The van der Waals surface area contributed by atoms with Crippen molar-refractivity contribution in [2.24, 2.45) is 0 Å². The normalized spacial score (nSPS) is 12.1. The van der Waals surface area contributed by atoms with Crippen LogP contribution in [0, 0.1) is 6.92 Å². The third-order valence-corrected chi connectivity index (χ3v) is 2.03. The number of alkyl halides is 2. The van der Waals surface area contributed by atoms with E-state index in [9.17, 15) is 4.79 Å². The molecule has 0 aliphatic carbocycles. The summed E-state index contributed by atoms with van der Waals surface area (Å²) in [4.78, 5) is 9.55. The highest BCUT2D eigenvalue weighted by molar-refractivity contribution is 6.44. The molecular formula is C11H12Cl2O2. The van der Waals surface area contributed by atoms with Crippen LogP contribution in [0.3, 0.4) is 0 Å². The van der Waals surface area contributed by atoms with Crippen LogP contribution in [0.1, 0.15) is 12.5 Å². The number of hydrogen-bond acceptors (Lipinski definition) is 2. The van der Waals surface area contributed by atoms with Crippen molar-refractivity contribution in [3.05, 3.63) is 35.4 Å². The van der Waals surface area contributed by atoms with E-state index in [0.717, 1.165) is 11.1 Å². The van der Waals surface area contributed by atoms with Crippen LogP contribution in [0.25, 0.3) is 0 Å². The maximum Gasteiger partial charge on any atom is 0.310 e. The molecule has 0 fully saturated rings. The number of carbonyl (C=O) groups excluding carboxylic acids is 1. The molecule has 0 aliphatic rings. The first-order valence-corrected chi connectivity index (χ1v) is 5.21. The van der Waals surface area contributed by atoms with E-state index in [0.29, 0.717) is 0 Å². The quantitative estimate of drug-likeness (QED) is 0.605. The first-order chi connectivity index (χ1) is 7.37. The van der Waals surface area contributed by atoms with Gasteiger partial charge in [-0.15, -0.1) is 23.2 Å². The third-order valence-electron chi connectivity index (χ3n) is 1.81. The summed E-state index contributed by atoms with van der Waals surface area (Å²) in [5.41, 5.74) is 1.99. The Balaban J connectivity index is 2.43. The second kappa shape index (κ2) is 5.99. The van der Waals surface area contributed by atoms with Gasteiger partial charge in [0.1, 0.15) is 11.4 Å². The zero-order chi connectivity index (χ0) is 12.2. The van der Waals surface area contributed by atoms with Gasteiger partial charge < -0.3 is 4.74 Å². The minimum Gasteiger partial charge on any atom is -0.463 e. The fourth-order valence-corrected chi connectivity index (χ4v) is 1.17. The van der Waals surface area contributed by atoms with Crippen LogP contribution < -0.4 is 0 Å². The predicted molar refractivity (Wildman–Crippen MR) is 61.3 cm³/mol. The number of carbonyl (C=O) groups is 1. The topological polar surface area (TPSA) is 26.3 Å². The van der Waals surface area contributed by atoms with Crippen LogP contribution in [-0.4, -0.2) is 17.4 Å². The monoisotopic (exact) mass is 247 g/mol. The fourth-order valence-electron chi connectivity index (χ4n) is 1.06. The molecule has 1 aromatic carbocycles. The van der Waals surface area contributed by atoms with E-state index < -0.39 is 10.8 Å². The number of ether oxygens (including phenoxy) is 1. The maximum atomic E-state index is 11.3. The summed E-state index contributed by atoms with van der Waals surface area (Å²) in [7, 11) is 0. The summed E-state index contributed by atoms with van der Waals surface area (Å²) in [6, 6.07) is 7.54. The minimum atomic E-state index is -1.77. The van der Waals surface area contributed by atoms with Gasteiger partial charge in [0, 0.05) is 0 Å². The average molecular weight is 248 g/mol. The zero-order valence-corrected chi connectivity index (χ0v) is 9.81. The van der Waals surface area contributed by atoms with E-state index in [1.165, 1.54) is 0 Å². The summed E-state index contributed by atoms with van der Waals surface area (Å²) in [5.74, 6) is -0.443. The fraction of sp³-hybridized carbons (Fsp3) is 0.364. The summed E-state index contributed by atoms with van der Waals surface area (Å²) < 4.78 is 11.8. The molecule has 1 rings (SSSR count). The van der Waals surface area contributed by atoms with Gasteiger partial charge in [0.05, 0.1) is 7.79 Å². The molecule has 0 heterocycles. The summed E-state index contributed by atoms with van der Waals surface area (Å²) >= 11 is 10.7. The van der Waals surface area contributed by atoms with Crippen molar-refractivity contribution in [3.63, 3.8) is 0 Å². The highest BCUT2D eigenvalue weighted by Gasteiger charge is 2.07. The van der Waals surface area contributed by atoms with Crippen molar-refractivity contribution in [3.8, 4) is 0 Å². The molecule has 15 heavy (non-hydrogen) atoms. The molecule has 0 saturated carbocycles. The van der Waals surface area contributed by atoms with E-state index in [1.54, 1.807) is 0 Å². The van der Waals surface area contributed by atoms with Gasteiger partial charge in [0.15, 0.2) is 0 Å². The highest BCUT2D eigenvalue weighted by atomic mass is 35.5. The molecule has 0 saturated heterocycles. The second-order valence-electron chi connectivity index (χ2n) is 3.16. The van der Waals surface area contributed by atoms with Crippen molar-refractivity contribution in [1.29, 1.82) is 0 Å². The van der Waals surface area contributed by atoms with E-state index in [1.807, 2.05) is 31.2 Å². The summed E-state index contributed by atoms with van der Waals surface area (Å²) in [6.45, 7) is 1.64. The number of halogens is 2. The van der Waals surface area contributed by atoms with Crippen molar-refractivity contribution < 1.29 is 10.9 Å². The van der Waals surface area contributed by atoms with E-state index >= 15 is 0 Å². The number of hydrogen-bond donors (Lipinski definition) is 0. The Morgan fingerprint density at radius 1 is 1.47 bits per heavy atom. The Hall–Kier alpha value is -0.730. The molecule has 0 amide bonds. The standard InChI is InChI=1S/C11H12Cl2O2/c1-8-2-4-9(5-3-8)6-11(14)15-7-10(12)13/h2-5,10H,6-7H2,1H3/i10D. The molecule has 0 atom stereocenters. The Bertz CT molecular complexity index is 357. The van der Waals surface area contributed by atoms with Gasteiger partial charge in [-0.3, -0.25) is 4.79 Å². The minimum absolute atomic E-state index is 0.157. The second-order valence-corrected chi connectivity index (χ2v) is 4.27. The van der Waals surface area contributed by atoms with Gasteiger partial charge in [0.2, 0.25) is 0 Å². The predicted octanol–water partition coefficient (Wildman–Crippen LogP) is 2.88. The van der Waals surface area contributed by atoms with Crippen LogP contribution in [0.2, 0.25) is 0 Å². The molecule has 82 valence electrons. The Morgan fingerprint density at radius 2 is 2.07 bits per heavy atom. The van der Waals surface area contributed by atoms with E-state index in [4.69, 9.17) is 29.3 Å². The lowest BCUT2D eigenvalue weighted by atomic mass is 10.1. The summed E-state index contributed by atoms with van der Waals surface area (Å²) in [6.07, 6.45) is 0.157. The van der Waals surface area contributed by atoms with Crippen LogP contribution in [0.5, 0.6) is 0 Å². The zero-order valence-electron chi connectivity index (χ0n) is 9.30. The van der Waals surface area contributed by atoms with Crippen LogP contribution in [0.15, 0.2) is 24.3 Å². The number of rotatable bonds is 4. The number of aryl methyl sites for hydroxylation is 1. The lowest BCUT2D eigenvalue weighted by Crippen LogP contribution is -2.12. The molecule has 0 radical (unpaired) electrons. The van der Waals surface area contributed by atoms with Crippen molar-refractivity contribution in [1.82, 2.24) is 0 Å². The van der Waals surface area contributed by atoms with Gasteiger partial charge >= 0.3 is 5.97 Å². The van der Waals surface area contributed by atoms with Crippen LogP contribution >= 0.6 is 23.2 Å². The van der Waals surface area contributed by atoms with Gasteiger partial charge in [-0.05, 0) is 12.5 Å². The number of esters is 1. The third kappa shape index (κ3) is 5.05. The molecular weight excluding hydrogens is 235 g/mol. The van der Waals surface area contributed by atoms with Gasteiger partial charge in [0.25, 0.3) is 0 Å². The first kappa shape index (κ1) is 10.8. The molecule has 0 spiro atoms. The van der Waals surface area contributed by atoms with Gasteiger partial charge in [-0.2, -0.15) is 0 Å². The molecule has 0 unspecified atom stereocenters. The van der Waals surface area contributed by atoms with Crippen LogP contribution in [0.4, 0.5) is 0 Å². The van der Waals surface area contributed by atoms with E-state index in [-0.39, 0.29) is 13.0 Å². The van der Waals surface area contributed by atoms with Crippen molar-refractivity contribution >= 4 is 29.2 Å². The molecule has 4 heteroatoms. The summed E-state index contributed by atoms with van der Waals surface area (Å²) in [5, 5.41) is 0. The first-order valence-electron chi connectivity index (χ1n) is 4.96. The lowest BCUT2D eigenvalue weighted by molar-refractivity contribution is -0.142. The van der Waals surface area contributed by atoms with Crippen LogP contribution in [-0.2, 0) is 16.0 Å². The molecule has 0 aliphatic heterocycles. The van der Waals surface area contributed by atoms with Gasteiger partial charge in [-0.25, -0.2) is 0 Å².